The molecule has 0 aromatic heterocycles. The Morgan fingerprint density at radius 2 is 0.877 bits per heavy atom. The molecule has 0 saturated heterocycles. The van der Waals surface area contributed by atoms with Gasteiger partial charge in [-0.1, -0.05) is 155 Å². The molecule has 0 radical (unpaired) electrons. The molecule has 0 unspecified atom stereocenters. The van der Waals surface area contributed by atoms with Gasteiger partial charge in [-0.2, -0.15) is 5.26 Å². The van der Waals surface area contributed by atoms with Gasteiger partial charge in [-0.3, -0.25) is 0 Å². The van der Waals surface area contributed by atoms with Crippen molar-refractivity contribution in [3.05, 3.63) is 209 Å². The first kappa shape index (κ1) is 43.0. The van der Waals surface area contributed by atoms with Gasteiger partial charge in [0.25, 0.3) is 0 Å². The number of hydrogen-bond donors (Lipinski definition) is 0. The van der Waals surface area contributed by atoms with Gasteiger partial charge in [-0.15, -0.1) is 0 Å². The number of nitriles is 1. The van der Waals surface area contributed by atoms with Gasteiger partial charge >= 0.3 is 0 Å². The average Bonchev–Trinajstić information content (AvgIpc) is 3.53. The lowest BCUT2D eigenvalue weighted by Crippen LogP contribution is -2.37. The van der Waals surface area contributed by atoms with Gasteiger partial charge in [-0.25, -0.2) is 4.85 Å². The summed E-state index contributed by atoms with van der Waals surface area (Å²) < 4.78 is 0. The molecule has 4 nitrogen and oxygen atoms in total. The molecule has 1 aliphatic rings. The second-order valence-electron chi connectivity index (χ2n) is 19.8. The van der Waals surface area contributed by atoms with E-state index in [1.807, 2.05) is 36.4 Å². The Morgan fingerprint density at radius 3 is 1.40 bits per heavy atom. The van der Waals surface area contributed by atoms with Crippen molar-refractivity contribution in [2.24, 2.45) is 0 Å². The summed E-state index contributed by atoms with van der Waals surface area (Å²) in [6, 6.07) is 63.2. The third-order valence-corrected chi connectivity index (χ3v) is 17.1. The van der Waals surface area contributed by atoms with Crippen LogP contribution in [0.15, 0.2) is 170 Å². The maximum Gasteiger partial charge on any atom is 0.187 e. The predicted octanol–water partition coefficient (Wildman–Crippen LogP) is 15.8. The molecule has 0 heterocycles. The second-order valence-corrected chi connectivity index (χ2v) is 30.0. The van der Waals surface area contributed by atoms with Crippen LogP contribution in [-0.2, 0) is 5.41 Å². The molecule has 0 atom stereocenters. The van der Waals surface area contributed by atoms with Gasteiger partial charge in [0.15, 0.2) is 5.69 Å². The Hall–Kier alpha value is -7.23. The fraction of sp³-hybridized carbons (Fsp3) is 0.153. The molecule has 6 heteroatoms. The van der Waals surface area contributed by atoms with Crippen molar-refractivity contribution >= 4 is 89.3 Å². The average molecular weight is 875 g/mol. The van der Waals surface area contributed by atoms with Gasteiger partial charge in [0.1, 0.15) is 0 Å². The number of benzene rings is 8. The molecule has 0 spiro atoms. The lowest BCUT2D eigenvalue weighted by Gasteiger charge is -2.29. The first-order chi connectivity index (χ1) is 31.1. The Bertz CT molecular complexity index is 3190. The fourth-order valence-corrected chi connectivity index (χ4v) is 11.5. The predicted molar refractivity (Wildman–Crippen MR) is 283 cm³/mol. The van der Waals surface area contributed by atoms with Crippen LogP contribution in [0.25, 0.3) is 38.9 Å². The molecule has 9 rings (SSSR count). The minimum atomic E-state index is -1.47. The SMILES string of the molecule is [C-]#[N+]c1ccc(N(c2ccc([Si](C)(C)C)cc2)c2ccc3c(c2)C(C)(C)c2cc(/C=C/c4ccc5cc(N(c6ccc(C#N)cc6)c6ccc([Si](C)(C)C)cc6)ccc5c4)ccc2-3)cc1. The third-order valence-electron chi connectivity index (χ3n) is 13.0. The van der Waals surface area contributed by atoms with E-state index in [2.05, 4.69) is 219 Å². The molecule has 65 heavy (non-hydrogen) atoms. The Labute approximate surface area is 387 Å². The van der Waals surface area contributed by atoms with E-state index < -0.39 is 16.1 Å². The molecule has 0 N–H and O–H groups in total. The number of anilines is 6. The van der Waals surface area contributed by atoms with Crippen LogP contribution in [0, 0.1) is 17.9 Å². The molecule has 0 bridgehead atoms. The van der Waals surface area contributed by atoms with Crippen molar-refractivity contribution in [1.29, 1.82) is 5.26 Å². The van der Waals surface area contributed by atoms with Crippen molar-refractivity contribution in [1.82, 2.24) is 0 Å². The van der Waals surface area contributed by atoms with Crippen LogP contribution < -0.4 is 20.2 Å². The Morgan fingerprint density at radius 1 is 0.477 bits per heavy atom. The number of fused-ring (bicyclic) bond motifs is 4. The highest BCUT2D eigenvalue weighted by Crippen LogP contribution is 2.51. The topological polar surface area (TPSA) is 34.6 Å². The molecule has 8 aromatic carbocycles. The summed E-state index contributed by atoms with van der Waals surface area (Å²) in [5.74, 6) is 0. The second kappa shape index (κ2) is 16.7. The Balaban J connectivity index is 0.994. The van der Waals surface area contributed by atoms with E-state index >= 15 is 0 Å². The van der Waals surface area contributed by atoms with Gasteiger partial charge in [0.05, 0.1) is 34.4 Å². The molecule has 0 fully saturated rings. The maximum absolute atomic E-state index is 9.49. The maximum atomic E-state index is 9.49. The van der Waals surface area contributed by atoms with Crippen molar-refractivity contribution in [2.45, 2.75) is 58.5 Å². The first-order valence-corrected chi connectivity index (χ1v) is 29.4. The molecular weight excluding hydrogens is 821 g/mol. The number of rotatable bonds is 10. The summed E-state index contributed by atoms with van der Waals surface area (Å²) in [6.45, 7) is 26.5. The smallest absolute Gasteiger partial charge is 0.187 e. The van der Waals surface area contributed by atoms with E-state index in [0.29, 0.717) is 11.3 Å². The van der Waals surface area contributed by atoms with Crippen LogP contribution >= 0.6 is 0 Å². The quantitative estimate of drug-likeness (QED) is 0.0780. The summed E-state index contributed by atoms with van der Waals surface area (Å²) in [5, 5.41) is 14.7. The summed E-state index contributed by atoms with van der Waals surface area (Å²) >= 11 is 0. The van der Waals surface area contributed by atoms with E-state index in [9.17, 15) is 5.26 Å². The van der Waals surface area contributed by atoms with E-state index in [1.165, 1.54) is 43.6 Å². The van der Waals surface area contributed by atoms with E-state index in [0.717, 1.165) is 45.1 Å². The summed E-state index contributed by atoms with van der Waals surface area (Å²) in [5.41, 5.74) is 15.0. The summed E-state index contributed by atoms with van der Waals surface area (Å²) in [7, 11) is -2.93. The fourth-order valence-electron chi connectivity index (χ4n) is 9.15. The van der Waals surface area contributed by atoms with Crippen molar-refractivity contribution in [2.75, 3.05) is 9.80 Å². The van der Waals surface area contributed by atoms with Gasteiger partial charge in [-0.05, 0) is 135 Å². The van der Waals surface area contributed by atoms with E-state index in [-0.39, 0.29) is 5.41 Å². The van der Waals surface area contributed by atoms with Crippen LogP contribution in [0.1, 0.15) is 41.7 Å². The highest BCUT2D eigenvalue weighted by molar-refractivity contribution is 6.89. The minimum Gasteiger partial charge on any atom is -0.311 e. The third kappa shape index (κ3) is 8.47. The van der Waals surface area contributed by atoms with Gasteiger partial charge < -0.3 is 9.80 Å². The lowest BCUT2D eigenvalue weighted by molar-refractivity contribution is 0.660. The zero-order valence-electron chi connectivity index (χ0n) is 38.6. The molecule has 0 amide bonds. The van der Waals surface area contributed by atoms with Crippen LogP contribution in [0.5, 0.6) is 0 Å². The minimum absolute atomic E-state index is 0.214. The van der Waals surface area contributed by atoms with Crippen LogP contribution in [-0.4, -0.2) is 16.1 Å². The molecule has 318 valence electrons. The molecule has 1 aliphatic carbocycles. The number of hydrogen-bond acceptors (Lipinski definition) is 3. The first-order valence-electron chi connectivity index (χ1n) is 22.4. The lowest BCUT2D eigenvalue weighted by atomic mass is 9.81. The molecule has 0 aliphatic heterocycles. The zero-order valence-corrected chi connectivity index (χ0v) is 40.6. The van der Waals surface area contributed by atoms with Crippen LogP contribution in [0.2, 0.25) is 39.3 Å². The van der Waals surface area contributed by atoms with Crippen molar-refractivity contribution in [3.63, 3.8) is 0 Å². The molecular formula is C59H54N4Si2. The van der Waals surface area contributed by atoms with Gasteiger partial charge in [0.2, 0.25) is 0 Å². The summed E-state index contributed by atoms with van der Waals surface area (Å²) in [4.78, 5) is 8.24. The Kier molecular flexibility index (Phi) is 11.1. The van der Waals surface area contributed by atoms with E-state index in [4.69, 9.17) is 6.57 Å². The summed E-state index contributed by atoms with van der Waals surface area (Å²) in [6.07, 6.45) is 4.45. The highest BCUT2D eigenvalue weighted by Gasteiger charge is 2.36. The van der Waals surface area contributed by atoms with Crippen LogP contribution in [0.4, 0.5) is 39.8 Å². The van der Waals surface area contributed by atoms with Crippen LogP contribution in [0.3, 0.4) is 0 Å². The van der Waals surface area contributed by atoms with Crippen molar-refractivity contribution in [3.8, 4) is 17.2 Å². The monoisotopic (exact) mass is 874 g/mol. The van der Waals surface area contributed by atoms with E-state index in [1.54, 1.807) is 0 Å². The van der Waals surface area contributed by atoms with Crippen molar-refractivity contribution < 1.29 is 0 Å². The highest BCUT2D eigenvalue weighted by atomic mass is 28.3. The molecule has 0 saturated carbocycles. The standard InChI is InChI=1S/C59H54N4Si2/c1-59(2)57-37-42(15-34-55(57)56-35-29-52(39-58(56)59)63(48-23-18-46(61-3)19-24-48)50-27-32-54(33-28-50)65(7,8)9)11-10-41-12-16-45-38-51(22-17-44(45)36-41)62(47-20-13-43(40-60)14-21-47)49-25-30-53(31-26-49)64(4,5)6/h10-39H,1-2,4-9H3/b11-10+. The normalized spacial score (nSPS) is 13.0. The zero-order chi connectivity index (χ0) is 45.7. The molecule has 8 aromatic rings. The largest absolute Gasteiger partial charge is 0.311 e. The number of nitrogens with zero attached hydrogens (tertiary/aromatic N) is 4. The van der Waals surface area contributed by atoms with Gasteiger partial charge in [0, 0.05) is 39.5 Å².